The SMILES string of the molecule is CCOc1cccc(C(=O)C(C)(N)C(F)(F)F)c1. The van der Waals surface area contributed by atoms with E-state index in [0.717, 1.165) is 0 Å². The molecule has 0 aliphatic heterocycles. The maximum absolute atomic E-state index is 12.6. The molecule has 1 unspecified atom stereocenters. The van der Waals surface area contributed by atoms with Crippen LogP contribution in [0.4, 0.5) is 13.2 Å². The number of ketones is 1. The van der Waals surface area contributed by atoms with Crippen molar-refractivity contribution < 1.29 is 22.7 Å². The molecule has 100 valence electrons. The Bertz CT molecular complexity index is 441. The van der Waals surface area contributed by atoms with Crippen molar-refractivity contribution in [1.29, 1.82) is 0 Å². The van der Waals surface area contributed by atoms with Crippen LogP contribution in [-0.4, -0.2) is 24.1 Å². The Morgan fingerprint density at radius 2 is 2.00 bits per heavy atom. The van der Waals surface area contributed by atoms with Crippen molar-refractivity contribution in [3.63, 3.8) is 0 Å². The van der Waals surface area contributed by atoms with Gasteiger partial charge in [0.25, 0.3) is 0 Å². The molecule has 0 saturated heterocycles. The predicted octanol–water partition coefficient (Wildman–Crippen LogP) is 2.55. The van der Waals surface area contributed by atoms with Crippen molar-refractivity contribution >= 4 is 5.78 Å². The van der Waals surface area contributed by atoms with Gasteiger partial charge in [-0.05, 0) is 26.0 Å². The van der Waals surface area contributed by atoms with E-state index in [9.17, 15) is 18.0 Å². The minimum Gasteiger partial charge on any atom is -0.494 e. The average molecular weight is 261 g/mol. The van der Waals surface area contributed by atoms with Gasteiger partial charge in [-0.25, -0.2) is 0 Å². The standard InChI is InChI=1S/C12H14F3NO2/c1-3-18-9-6-4-5-8(7-9)10(17)11(2,16)12(13,14)15/h4-7H,3,16H2,1-2H3. The van der Waals surface area contributed by atoms with E-state index in [1.807, 2.05) is 0 Å². The summed E-state index contributed by atoms with van der Waals surface area (Å²) >= 11 is 0. The van der Waals surface area contributed by atoms with E-state index in [0.29, 0.717) is 19.3 Å². The Labute approximate surface area is 103 Å². The van der Waals surface area contributed by atoms with Gasteiger partial charge in [-0.1, -0.05) is 12.1 Å². The lowest BCUT2D eigenvalue weighted by Gasteiger charge is -2.26. The summed E-state index contributed by atoms with van der Waals surface area (Å²) in [5.41, 5.74) is 2.05. The topological polar surface area (TPSA) is 52.3 Å². The molecule has 0 fully saturated rings. The van der Waals surface area contributed by atoms with Gasteiger partial charge in [-0.2, -0.15) is 13.2 Å². The molecule has 1 aromatic rings. The van der Waals surface area contributed by atoms with E-state index in [1.165, 1.54) is 18.2 Å². The Hall–Kier alpha value is -1.56. The first-order valence-corrected chi connectivity index (χ1v) is 5.33. The van der Waals surface area contributed by atoms with Crippen LogP contribution in [0.15, 0.2) is 24.3 Å². The van der Waals surface area contributed by atoms with Crippen LogP contribution in [-0.2, 0) is 0 Å². The van der Waals surface area contributed by atoms with E-state index in [-0.39, 0.29) is 5.56 Å². The summed E-state index contributed by atoms with van der Waals surface area (Å²) in [6.07, 6.45) is -4.80. The molecule has 18 heavy (non-hydrogen) atoms. The highest BCUT2D eigenvalue weighted by molar-refractivity contribution is 6.03. The van der Waals surface area contributed by atoms with Crippen LogP contribution < -0.4 is 10.5 Å². The first-order chi connectivity index (χ1) is 8.20. The number of carbonyl (C=O) groups is 1. The maximum atomic E-state index is 12.6. The van der Waals surface area contributed by atoms with Crippen LogP contribution in [0, 0.1) is 0 Å². The predicted molar refractivity (Wildman–Crippen MR) is 60.6 cm³/mol. The van der Waals surface area contributed by atoms with Crippen LogP contribution in [0.3, 0.4) is 0 Å². The number of hydrogen-bond acceptors (Lipinski definition) is 3. The van der Waals surface area contributed by atoms with Crippen LogP contribution in [0.25, 0.3) is 0 Å². The molecule has 0 heterocycles. The third-order valence-electron chi connectivity index (χ3n) is 2.47. The molecule has 6 heteroatoms. The number of rotatable bonds is 4. The molecule has 2 N–H and O–H groups in total. The maximum Gasteiger partial charge on any atom is 0.413 e. The molecular formula is C12H14F3NO2. The second-order valence-electron chi connectivity index (χ2n) is 3.99. The molecule has 0 bridgehead atoms. The van der Waals surface area contributed by atoms with E-state index in [4.69, 9.17) is 10.5 Å². The summed E-state index contributed by atoms with van der Waals surface area (Å²) in [5, 5.41) is 0. The van der Waals surface area contributed by atoms with E-state index < -0.39 is 17.5 Å². The summed E-state index contributed by atoms with van der Waals surface area (Å²) in [6.45, 7) is 2.75. The number of halogens is 3. The highest BCUT2D eigenvalue weighted by Gasteiger charge is 2.53. The Kier molecular flexibility index (Phi) is 4.01. The summed E-state index contributed by atoms with van der Waals surface area (Å²) in [4.78, 5) is 11.8. The van der Waals surface area contributed by atoms with Gasteiger partial charge < -0.3 is 10.5 Å². The second-order valence-corrected chi connectivity index (χ2v) is 3.99. The minimum atomic E-state index is -4.80. The third kappa shape index (κ3) is 2.81. The van der Waals surface area contributed by atoms with Crippen molar-refractivity contribution in [3.8, 4) is 5.75 Å². The smallest absolute Gasteiger partial charge is 0.413 e. The molecule has 0 saturated carbocycles. The van der Waals surface area contributed by atoms with Gasteiger partial charge in [0, 0.05) is 5.56 Å². The largest absolute Gasteiger partial charge is 0.494 e. The van der Waals surface area contributed by atoms with Crippen molar-refractivity contribution in [2.75, 3.05) is 6.61 Å². The van der Waals surface area contributed by atoms with Crippen LogP contribution in [0.2, 0.25) is 0 Å². The number of carbonyl (C=O) groups excluding carboxylic acids is 1. The summed E-state index contributed by atoms with van der Waals surface area (Å²) < 4.78 is 43.0. The molecule has 0 aliphatic carbocycles. The number of nitrogens with two attached hydrogens (primary N) is 1. The number of benzene rings is 1. The number of Topliss-reactive ketones (excluding diaryl/α,β-unsaturated/α-hetero) is 1. The molecule has 0 aromatic heterocycles. The molecular weight excluding hydrogens is 247 g/mol. The summed E-state index contributed by atoms with van der Waals surface area (Å²) in [5.74, 6) is -0.849. The lowest BCUT2D eigenvalue weighted by molar-refractivity contribution is -0.165. The number of ether oxygens (including phenoxy) is 1. The van der Waals surface area contributed by atoms with E-state index in [2.05, 4.69) is 0 Å². The Balaban J connectivity index is 3.08. The first kappa shape index (κ1) is 14.5. The lowest BCUT2D eigenvalue weighted by atomic mass is 9.91. The quantitative estimate of drug-likeness (QED) is 0.847. The molecule has 1 rings (SSSR count). The Morgan fingerprint density at radius 1 is 1.39 bits per heavy atom. The van der Waals surface area contributed by atoms with Gasteiger partial charge in [0.05, 0.1) is 6.61 Å². The van der Waals surface area contributed by atoms with Crippen molar-refractivity contribution in [1.82, 2.24) is 0 Å². The lowest BCUT2D eigenvalue weighted by Crippen LogP contribution is -2.57. The molecule has 1 atom stereocenters. The number of alkyl halides is 3. The van der Waals surface area contributed by atoms with E-state index >= 15 is 0 Å². The fourth-order valence-electron chi connectivity index (χ4n) is 1.32. The molecule has 3 nitrogen and oxygen atoms in total. The zero-order valence-corrected chi connectivity index (χ0v) is 10.0. The molecule has 0 radical (unpaired) electrons. The molecule has 1 aromatic carbocycles. The van der Waals surface area contributed by atoms with Gasteiger partial charge in [0.15, 0.2) is 11.3 Å². The zero-order valence-electron chi connectivity index (χ0n) is 10.0. The third-order valence-corrected chi connectivity index (χ3v) is 2.47. The van der Waals surface area contributed by atoms with Crippen molar-refractivity contribution in [2.45, 2.75) is 25.6 Å². The van der Waals surface area contributed by atoms with Gasteiger partial charge in [-0.3, -0.25) is 4.79 Å². The van der Waals surface area contributed by atoms with Gasteiger partial charge >= 0.3 is 6.18 Å². The Morgan fingerprint density at radius 3 is 2.50 bits per heavy atom. The van der Waals surface area contributed by atoms with Gasteiger partial charge in [0.2, 0.25) is 0 Å². The number of hydrogen-bond donors (Lipinski definition) is 1. The normalized spacial score (nSPS) is 15.0. The van der Waals surface area contributed by atoms with Gasteiger partial charge in [0.1, 0.15) is 5.75 Å². The highest BCUT2D eigenvalue weighted by atomic mass is 19.4. The highest BCUT2D eigenvalue weighted by Crippen LogP contribution is 2.31. The van der Waals surface area contributed by atoms with Crippen LogP contribution in [0.1, 0.15) is 24.2 Å². The molecule has 0 amide bonds. The first-order valence-electron chi connectivity index (χ1n) is 5.33. The average Bonchev–Trinajstić information content (AvgIpc) is 2.27. The summed E-state index contributed by atoms with van der Waals surface area (Å²) in [6, 6.07) is 5.54. The summed E-state index contributed by atoms with van der Waals surface area (Å²) in [7, 11) is 0. The monoisotopic (exact) mass is 261 g/mol. The van der Waals surface area contributed by atoms with Crippen molar-refractivity contribution in [3.05, 3.63) is 29.8 Å². The van der Waals surface area contributed by atoms with Gasteiger partial charge in [-0.15, -0.1) is 0 Å². The second kappa shape index (κ2) is 4.97. The zero-order chi connectivity index (χ0) is 14.0. The van der Waals surface area contributed by atoms with E-state index in [1.54, 1.807) is 13.0 Å². The van der Waals surface area contributed by atoms with Crippen LogP contribution in [0.5, 0.6) is 5.75 Å². The minimum absolute atomic E-state index is 0.122. The fourth-order valence-corrected chi connectivity index (χ4v) is 1.32. The van der Waals surface area contributed by atoms with Crippen LogP contribution >= 0.6 is 0 Å². The fraction of sp³-hybridized carbons (Fsp3) is 0.417. The molecule has 0 aliphatic rings. The molecule has 0 spiro atoms. The van der Waals surface area contributed by atoms with Crippen molar-refractivity contribution in [2.24, 2.45) is 5.73 Å².